The fourth-order valence-corrected chi connectivity index (χ4v) is 1.91. The molecule has 2 aromatic heterocycles. The predicted octanol–water partition coefficient (Wildman–Crippen LogP) is 1.23. The third kappa shape index (κ3) is 3.10. The number of thioether (sulfide) groups is 1. The Morgan fingerprint density at radius 3 is 3.18 bits per heavy atom. The number of aromatic nitrogens is 3. The van der Waals surface area contributed by atoms with Gasteiger partial charge in [-0.15, -0.1) is 16.9 Å². The molecule has 6 nitrogen and oxygen atoms in total. The molecule has 0 aliphatic rings. The van der Waals surface area contributed by atoms with Crippen LogP contribution in [0.1, 0.15) is 16.1 Å². The first-order chi connectivity index (χ1) is 8.27. The van der Waals surface area contributed by atoms with Crippen molar-refractivity contribution >= 4 is 17.7 Å². The summed E-state index contributed by atoms with van der Waals surface area (Å²) in [6, 6.07) is 1.76. The van der Waals surface area contributed by atoms with Gasteiger partial charge in [0.1, 0.15) is 5.03 Å². The van der Waals surface area contributed by atoms with Gasteiger partial charge in [0, 0.05) is 17.9 Å². The van der Waals surface area contributed by atoms with Gasteiger partial charge in [-0.1, -0.05) is 0 Å². The summed E-state index contributed by atoms with van der Waals surface area (Å²) in [6.45, 7) is 2.39. The predicted molar refractivity (Wildman–Crippen MR) is 62.9 cm³/mol. The van der Waals surface area contributed by atoms with Crippen molar-refractivity contribution < 1.29 is 9.21 Å². The summed E-state index contributed by atoms with van der Waals surface area (Å²) >= 11 is 1.52. The first-order valence-corrected chi connectivity index (χ1v) is 6.07. The van der Waals surface area contributed by atoms with Gasteiger partial charge in [-0.25, -0.2) is 0 Å². The van der Waals surface area contributed by atoms with Crippen molar-refractivity contribution in [2.24, 2.45) is 0 Å². The largest absolute Gasteiger partial charge is 0.459 e. The highest BCUT2D eigenvalue weighted by Gasteiger charge is 2.11. The molecule has 0 spiro atoms. The van der Waals surface area contributed by atoms with Crippen LogP contribution in [0.15, 0.2) is 28.0 Å². The van der Waals surface area contributed by atoms with Gasteiger partial charge in [-0.05, 0) is 13.0 Å². The van der Waals surface area contributed by atoms with Crippen LogP contribution in [0.25, 0.3) is 0 Å². The highest BCUT2D eigenvalue weighted by molar-refractivity contribution is 7.99. The van der Waals surface area contributed by atoms with Crippen LogP contribution in [0, 0.1) is 6.92 Å². The summed E-state index contributed by atoms with van der Waals surface area (Å²) < 4.78 is 5.08. The lowest BCUT2D eigenvalue weighted by Crippen LogP contribution is -2.25. The number of carbonyl (C=O) groups is 1. The molecule has 0 fully saturated rings. The molecule has 0 aliphatic carbocycles. The number of hydrogen-bond acceptors (Lipinski definition) is 5. The average Bonchev–Trinajstić information content (AvgIpc) is 2.95. The van der Waals surface area contributed by atoms with E-state index in [0.29, 0.717) is 12.3 Å². The van der Waals surface area contributed by atoms with Gasteiger partial charge in [-0.2, -0.15) is 10.3 Å². The SMILES string of the molecule is Cc1ccoc1C(=O)NCCSc1cn[nH]n1. The van der Waals surface area contributed by atoms with E-state index < -0.39 is 0 Å². The van der Waals surface area contributed by atoms with Crippen molar-refractivity contribution in [3.63, 3.8) is 0 Å². The number of hydrogen-bond donors (Lipinski definition) is 2. The van der Waals surface area contributed by atoms with Crippen molar-refractivity contribution in [3.8, 4) is 0 Å². The van der Waals surface area contributed by atoms with E-state index in [1.54, 1.807) is 12.3 Å². The fraction of sp³-hybridized carbons (Fsp3) is 0.300. The van der Waals surface area contributed by atoms with Gasteiger partial charge in [0.2, 0.25) is 0 Å². The summed E-state index contributed by atoms with van der Waals surface area (Å²) in [5.41, 5.74) is 0.839. The molecular weight excluding hydrogens is 240 g/mol. The molecule has 0 saturated heterocycles. The molecule has 2 aromatic rings. The van der Waals surface area contributed by atoms with Crippen LogP contribution in [-0.2, 0) is 0 Å². The molecular formula is C10H12N4O2S. The van der Waals surface area contributed by atoms with E-state index in [9.17, 15) is 4.79 Å². The first kappa shape index (κ1) is 11.7. The van der Waals surface area contributed by atoms with Gasteiger partial charge in [-0.3, -0.25) is 4.79 Å². The number of aromatic amines is 1. The van der Waals surface area contributed by atoms with Crippen molar-refractivity contribution in [2.75, 3.05) is 12.3 Å². The molecule has 2 rings (SSSR count). The number of rotatable bonds is 5. The lowest BCUT2D eigenvalue weighted by Gasteiger charge is -2.02. The monoisotopic (exact) mass is 252 g/mol. The highest BCUT2D eigenvalue weighted by atomic mass is 32.2. The molecule has 2 N–H and O–H groups in total. The van der Waals surface area contributed by atoms with Gasteiger partial charge in [0.25, 0.3) is 5.91 Å². The zero-order chi connectivity index (χ0) is 12.1. The molecule has 0 radical (unpaired) electrons. The molecule has 0 saturated carbocycles. The molecule has 90 valence electrons. The number of H-pyrrole nitrogens is 1. The number of amides is 1. The molecule has 0 aromatic carbocycles. The summed E-state index contributed by atoms with van der Waals surface area (Å²) in [6.07, 6.45) is 3.15. The second kappa shape index (κ2) is 5.53. The number of aryl methyl sites for hydroxylation is 1. The molecule has 2 heterocycles. The van der Waals surface area contributed by atoms with Crippen molar-refractivity contribution in [1.29, 1.82) is 0 Å². The van der Waals surface area contributed by atoms with E-state index in [4.69, 9.17) is 4.42 Å². The minimum Gasteiger partial charge on any atom is -0.459 e. The third-order valence-corrected chi connectivity index (χ3v) is 3.00. The summed E-state index contributed by atoms with van der Waals surface area (Å²) in [5, 5.41) is 13.7. The van der Waals surface area contributed by atoms with Crippen molar-refractivity contribution in [3.05, 3.63) is 29.9 Å². The van der Waals surface area contributed by atoms with Gasteiger partial charge in [0.15, 0.2) is 5.76 Å². The molecule has 7 heteroatoms. The number of nitrogens with one attached hydrogen (secondary N) is 2. The van der Waals surface area contributed by atoms with Crippen molar-refractivity contribution in [1.82, 2.24) is 20.7 Å². The quantitative estimate of drug-likeness (QED) is 0.617. The summed E-state index contributed by atoms with van der Waals surface area (Å²) in [4.78, 5) is 11.6. The van der Waals surface area contributed by atoms with E-state index in [2.05, 4.69) is 20.7 Å². The number of furan rings is 1. The maximum atomic E-state index is 11.6. The summed E-state index contributed by atoms with van der Waals surface area (Å²) in [5.74, 6) is 0.919. The van der Waals surface area contributed by atoms with Crippen LogP contribution in [-0.4, -0.2) is 33.6 Å². The normalized spacial score (nSPS) is 10.4. The van der Waals surface area contributed by atoms with E-state index >= 15 is 0 Å². The minimum absolute atomic E-state index is 0.187. The average molecular weight is 252 g/mol. The summed E-state index contributed by atoms with van der Waals surface area (Å²) in [7, 11) is 0. The molecule has 0 atom stereocenters. The second-order valence-corrected chi connectivity index (χ2v) is 4.46. The first-order valence-electron chi connectivity index (χ1n) is 5.08. The number of carbonyl (C=O) groups excluding carboxylic acids is 1. The fourth-order valence-electron chi connectivity index (χ4n) is 1.27. The van der Waals surface area contributed by atoms with E-state index in [1.165, 1.54) is 18.0 Å². The molecule has 17 heavy (non-hydrogen) atoms. The Kier molecular flexibility index (Phi) is 3.81. The van der Waals surface area contributed by atoms with E-state index in [-0.39, 0.29) is 5.91 Å². The van der Waals surface area contributed by atoms with E-state index in [0.717, 1.165) is 16.3 Å². The smallest absolute Gasteiger partial charge is 0.287 e. The topological polar surface area (TPSA) is 83.8 Å². The zero-order valence-corrected chi connectivity index (χ0v) is 10.1. The molecule has 1 amide bonds. The standard InChI is InChI=1S/C10H12N4O2S/c1-7-2-4-16-9(7)10(15)11-3-5-17-8-6-12-14-13-8/h2,4,6H,3,5H2,1H3,(H,11,15)(H,12,13,14). The van der Waals surface area contributed by atoms with Crippen LogP contribution < -0.4 is 5.32 Å². The van der Waals surface area contributed by atoms with Crippen LogP contribution in [0.3, 0.4) is 0 Å². The Morgan fingerprint density at radius 2 is 2.53 bits per heavy atom. The third-order valence-electron chi connectivity index (χ3n) is 2.10. The zero-order valence-electron chi connectivity index (χ0n) is 9.27. The van der Waals surface area contributed by atoms with Gasteiger partial charge < -0.3 is 9.73 Å². The Morgan fingerprint density at radius 1 is 1.65 bits per heavy atom. The Hall–Kier alpha value is -1.76. The van der Waals surface area contributed by atoms with Crippen LogP contribution >= 0.6 is 11.8 Å². The second-order valence-electron chi connectivity index (χ2n) is 3.35. The van der Waals surface area contributed by atoms with E-state index in [1.807, 2.05) is 6.92 Å². The maximum absolute atomic E-state index is 11.6. The molecule has 0 unspecified atom stereocenters. The Labute approximate surface area is 102 Å². The number of nitrogens with zero attached hydrogens (tertiary/aromatic N) is 2. The molecule has 0 aliphatic heterocycles. The molecule has 0 bridgehead atoms. The van der Waals surface area contributed by atoms with Crippen LogP contribution in [0.2, 0.25) is 0 Å². The maximum Gasteiger partial charge on any atom is 0.287 e. The van der Waals surface area contributed by atoms with Crippen molar-refractivity contribution in [2.45, 2.75) is 11.9 Å². The minimum atomic E-state index is -0.187. The van der Waals surface area contributed by atoms with Gasteiger partial charge in [0.05, 0.1) is 12.5 Å². The highest BCUT2D eigenvalue weighted by Crippen LogP contribution is 2.11. The van der Waals surface area contributed by atoms with Crippen LogP contribution in [0.4, 0.5) is 0 Å². The lowest BCUT2D eigenvalue weighted by molar-refractivity contribution is 0.0927. The van der Waals surface area contributed by atoms with Crippen LogP contribution in [0.5, 0.6) is 0 Å². The Balaban J connectivity index is 1.72. The lowest BCUT2D eigenvalue weighted by atomic mass is 10.3. The van der Waals surface area contributed by atoms with Gasteiger partial charge >= 0.3 is 0 Å². The Bertz CT molecular complexity index is 480.